The number of hydrogen-bond acceptors (Lipinski definition) is 3. The first kappa shape index (κ1) is 16.4. The van der Waals surface area contributed by atoms with Crippen molar-refractivity contribution in [2.45, 2.75) is 38.3 Å². The van der Waals surface area contributed by atoms with Gasteiger partial charge in [0.15, 0.2) is 0 Å². The van der Waals surface area contributed by atoms with Crippen LogP contribution >= 0.6 is 11.6 Å². The SMILES string of the molecule is CCN(C)S(=O)(=O)c1cc(CNC(C)C)ccc1Cl. The van der Waals surface area contributed by atoms with Gasteiger partial charge in [0.25, 0.3) is 0 Å². The molecule has 0 unspecified atom stereocenters. The summed E-state index contributed by atoms with van der Waals surface area (Å²) in [5, 5.41) is 3.51. The van der Waals surface area contributed by atoms with Crippen molar-refractivity contribution < 1.29 is 8.42 Å². The number of nitrogens with zero attached hydrogens (tertiary/aromatic N) is 1. The molecule has 0 bridgehead atoms. The van der Waals surface area contributed by atoms with Crippen molar-refractivity contribution in [2.75, 3.05) is 13.6 Å². The monoisotopic (exact) mass is 304 g/mol. The van der Waals surface area contributed by atoms with E-state index in [1.54, 1.807) is 26.1 Å². The van der Waals surface area contributed by atoms with E-state index in [0.29, 0.717) is 19.1 Å². The molecule has 1 rings (SSSR count). The van der Waals surface area contributed by atoms with Crippen molar-refractivity contribution in [3.05, 3.63) is 28.8 Å². The number of halogens is 1. The molecule has 0 spiro atoms. The molecule has 0 heterocycles. The second-order valence-electron chi connectivity index (χ2n) is 4.72. The van der Waals surface area contributed by atoms with Crippen LogP contribution in [0, 0.1) is 0 Å². The molecule has 0 saturated carbocycles. The van der Waals surface area contributed by atoms with Gasteiger partial charge >= 0.3 is 0 Å². The lowest BCUT2D eigenvalue weighted by Gasteiger charge is -2.17. The van der Waals surface area contributed by atoms with Gasteiger partial charge in [-0.15, -0.1) is 0 Å². The van der Waals surface area contributed by atoms with E-state index in [1.807, 2.05) is 19.9 Å². The second-order valence-corrected chi connectivity index (χ2v) is 7.14. The van der Waals surface area contributed by atoms with Crippen molar-refractivity contribution in [1.82, 2.24) is 9.62 Å². The largest absolute Gasteiger partial charge is 0.310 e. The highest BCUT2D eigenvalue weighted by Gasteiger charge is 2.22. The van der Waals surface area contributed by atoms with E-state index >= 15 is 0 Å². The Kier molecular flexibility index (Phi) is 5.80. The van der Waals surface area contributed by atoms with Gasteiger partial charge in [-0.3, -0.25) is 0 Å². The van der Waals surface area contributed by atoms with E-state index in [9.17, 15) is 8.42 Å². The zero-order chi connectivity index (χ0) is 14.6. The lowest BCUT2D eigenvalue weighted by molar-refractivity contribution is 0.486. The molecular formula is C13H21ClN2O2S. The summed E-state index contributed by atoms with van der Waals surface area (Å²) in [4.78, 5) is 0.168. The van der Waals surface area contributed by atoms with Gasteiger partial charge < -0.3 is 5.32 Å². The van der Waals surface area contributed by atoms with Gasteiger partial charge in [-0.25, -0.2) is 12.7 Å². The Bertz CT molecular complexity index is 529. The zero-order valence-electron chi connectivity index (χ0n) is 11.8. The van der Waals surface area contributed by atoms with E-state index < -0.39 is 10.0 Å². The van der Waals surface area contributed by atoms with Gasteiger partial charge in [0.1, 0.15) is 4.90 Å². The molecule has 1 N–H and O–H groups in total. The fourth-order valence-corrected chi connectivity index (χ4v) is 3.22. The molecule has 1 aromatic carbocycles. The molecule has 0 fully saturated rings. The third kappa shape index (κ3) is 4.18. The summed E-state index contributed by atoms with van der Waals surface area (Å²) in [5.41, 5.74) is 0.904. The molecule has 0 aliphatic heterocycles. The van der Waals surface area contributed by atoms with Crippen LogP contribution in [0.3, 0.4) is 0 Å². The molecule has 1 aromatic rings. The maximum Gasteiger partial charge on any atom is 0.244 e. The summed E-state index contributed by atoms with van der Waals surface area (Å²) in [6.45, 7) is 6.90. The Morgan fingerprint density at radius 3 is 2.53 bits per heavy atom. The van der Waals surface area contributed by atoms with Crippen molar-refractivity contribution in [2.24, 2.45) is 0 Å². The maximum atomic E-state index is 12.3. The zero-order valence-corrected chi connectivity index (χ0v) is 13.3. The van der Waals surface area contributed by atoms with Crippen LogP contribution in [-0.4, -0.2) is 32.4 Å². The summed E-state index contributed by atoms with van der Waals surface area (Å²) in [6, 6.07) is 5.45. The molecule has 0 radical (unpaired) electrons. The fraction of sp³-hybridized carbons (Fsp3) is 0.538. The molecule has 0 aliphatic rings. The minimum Gasteiger partial charge on any atom is -0.310 e. The van der Waals surface area contributed by atoms with E-state index in [0.717, 1.165) is 5.56 Å². The van der Waals surface area contributed by atoms with Crippen molar-refractivity contribution in [3.63, 3.8) is 0 Å². The van der Waals surface area contributed by atoms with Crippen LogP contribution in [0.2, 0.25) is 5.02 Å². The fourth-order valence-electron chi connectivity index (χ4n) is 1.52. The standard InChI is InChI=1S/C13H21ClN2O2S/c1-5-16(4)19(17,18)13-8-11(6-7-12(13)14)9-15-10(2)3/h6-8,10,15H,5,9H2,1-4H3. The second kappa shape index (κ2) is 6.70. The number of hydrogen-bond donors (Lipinski definition) is 1. The van der Waals surface area contributed by atoms with Gasteiger partial charge in [-0.05, 0) is 17.7 Å². The highest BCUT2D eigenvalue weighted by molar-refractivity contribution is 7.89. The Morgan fingerprint density at radius 2 is 2.00 bits per heavy atom. The van der Waals surface area contributed by atoms with Gasteiger partial charge in [0.2, 0.25) is 10.0 Å². The summed E-state index contributed by atoms with van der Waals surface area (Å²) in [7, 11) is -1.96. The van der Waals surface area contributed by atoms with E-state index in [2.05, 4.69) is 5.32 Å². The third-order valence-electron chi connectivity index (χ3n) is 2.84. The van der Waals surface area contributed by atoms with Crippen molar-refractivity contribution in [1.29, 1.82) is 0 Å². The summed E-state index contributed by atoms with van der Waals surface area (Å²) >= 11 is 6.02. The Morgan fingerprint density at radius 1 is 1.37 bits per heavy atom. The molecular weight excluding hydrogens is 284 g/mol. The van der Waals surface area contributed by atoms with Crippen LogP contribution in [0.5, 0.6) is 0 Å². The van der Waals surface area contributed by atoms with Gasteiger partial charge in [-0.1, -0.05) is 38.4 Å². The lowest BCUT2D eigenvalue weighted by atomic mass is 10.2. The van der Waals surface area contributed by atoms with Crippen LogP contribution in [0.4, 0.5) is 0 Å². The predicted molar refractivity (Wildman–Crippen MR) is 78.9 cm³/mol. The Labute approximate surface area is 120 Å². The first-order valence-electron chi connectivity index (χ1n) is 6.27. The average molecular weight is 305 g/mol. The van der Waals surface area contributed by atoms with Gasteiger partial charge in [-0.2, -0.15) is 0 Å². The normalized spacial score (nSPS) is 12.4. The summed E-state index contributed by atoms with van der Waals surface area (Å²) < 4.78 is 25.9. The molecule has 4 nitrogen and oxygen atoms in total. The number of benzene rings is 1. The van der Waals surface area contributed by atoms with Gasteiger partial charge in [0, 0.05) is 26.2 Å². The average Bonchev–Trinajstić information content (AvgIpc) is 2.36. The summed E-state index contributed by atoms with van der Waals surface area (Å²) in [5.74, 6) is 0. The lowest BCUT2D eigenvalue weighted by Crippen LogP contribution is -2.27. The Hall–Kier alpha value is -0.620. The highest BCUT2D eigenvalue weighted by Crippen LogP contribution is 2.25. The predicted octanol–water partition coefficient (Wildman–Crippen LogP) is 2.48. The van der Waals surface area contributed by atoms with E-state index in [4.69, 9.17) is 11.6 Å². The van der Waals surface area contributed by atoms with Crippen LogP contribution < -0.4 is 5.32 Å². The van der Waals surface area contributed by atoms with Gasteiger partial charge in [0.05, 0.1) is 5.02 Å². The number of sulfonamides is 1. The van der Waals surface area contributed by atoms with Crippen LogP contribution in [0.1, 0.15) is 26.3 Å². The van der Waals surface area contributed by atoms with E-state index in [1.165, 1.54) is 4.31 Å². The molecule has 0 aliphatic carbocycles. The molecule has 0 amide bonds. The smallest absolute Gasteiger partial charge is 0.244 e. The molecule has 6 heteroatoms. The molecule has 0 saturated heterocycles. The maximum absolute atomic E-state index is 12.3. The van der Waals surface area contributed by atoms with Crippen molar-refractivity contribution in [3.8, 4) is 0 Å². The molecule has 0 atom stereocenters. The highest BCUT2D eigenvalue weighted by atomic mass is 35.5. The van der Waals surface area contributed by atoms with Crippen molar-refractivity contribution >= 4 is 21.6 Å². The Balaban J connectivity index is 3.10. The minimum atomic E-state index is -3.51. The van der Waals surface area contributed by atoms with Crippen LogP contribution in [-0.2, 0) is 16.6 Å². The minimum absolute atomic E-state index is 0.168. The molecule has 0 aromatic heterocycles. The topological polar surface area (TPSA) is 49.4 Å². The summed E-state index contributed by atoms with van der Waals surface area (Å²) in [6.07, 6.45) is 0. The first-order valence-corrected chi connectivity index (χ1v) is 8.09. The third-order valence-corrected chi connectivity index (χ3v) is 5.26. The molecule has 108 valence electrons. The van der Waals surface area contributed by atoms with E-state index in [-0.39, 0.29) is 9.92 Å². The number of rotatable bonds is 6. The number of nitrogens with one attached hydrogen (secondary N) is 1. The molecule has 19 heavy (non-hydrogen) atoms. The van der Waals surface area contributed by atoms with Crippen LogP contribution in [0.25, 0.3) is 0 Å². The van der Waals surface area contributed by atoms with Crippen LogP contribution in [0.15, 0.2) is 23.1 Å². The quantitative estimate of drug-likeness (QED) is 0.878. The first-order chi connectivity index (χ1) is 8.78.